The van der Waals surface area contributed by atoms with E-state index in [4.69, 9.17) is 27.9 Å². The van der Waals surface area contributed by atoms with Crippen LogP contribution in [0.25, 0.3) is 0 Å². The van der Waals surface area contributed by atoms with E-state index in [-0.39, 0.29) is 21.4 Å². The Hall–Kier alpha value is -1.53. The maximum absolute atomic E-state index is 11.9. The van der Waals surface area contributed by atoms with Crippen molar-refractivity contribution in [2.75, 3.05) is 12.4 Å². The summed E-state index contributed by atoms with van der Waals surface area (Å²) in [5.74, 6) is -0.510. The van der Waals surface area contributed by atoms with Gasteiger partial charge in [-0.1, -0.05) is 36.5 Å². The summed E-state index contributed by atoms with van der Waals surface area (Å²) in [7, 11) is 1.27. The number of ether oxygens (including phenoxy) is 1. The number of anilines is 1. The number of halogens is 2. The van der Waals surface area contributed by atoms with Crippen LogP contribution in [0.2, 0.25) is 10.0 Å². The first-order chi connectivity index (χ1) is 9.75. The van der Waals surface area contributed by atoms with Crippen LogP contribution in [-0.2, 0) is 9.53 Å². The maximum atomic E-state index is 11.9. The predicted octanol–water partition coefficient (Wildman–Crippen LogP) is 4.05. The highest BCUT2D eigenvalue weighted by Crippen LogP contribution is 2.36. The molecule has 1 N–H and O–H groups in total. The highest BCUT2D eigenvalue weighted by molar-refractivity contribution is 6.42. The summed E-state index contributed by atoms with van der Waals surface area (Å²) in [6.07, 6.45) is 1.13. The molecule has 0 amide bonds. The second-order valence-electron chi connectivity index (χ2n) is 4.74. The zero-order valence-electron chi connectivity index (χ0n) is 11.9. The average Bonchev–Trinajstić information content (AvgIpc) is 2.41. The third kappa shape index (κ3) is 3.98. The van der Waals surface area contributed by atoms with Crippen LogP contribution >= 0.6 is 23.2 Å². The molecule has 0 heterocycles. The number of methoxy groups -OCH3 is 1. The summed E-state index contributed by atoms with van der Waals surface area (Å²) in [5, 5.41) is 14.2. The molecule has 8 heteroatoms. The fourth-order valence-corrected chi connectivity index (χ4v) is 2.35. The molecule has 6 nitrogen and oxygen atoms in total. The van der Waals surface area contributed by atoms with Crippen molar-refractivity contribution in [1.82, 2.24) is 0 Å². The van der Waals surface area contributed by atoms with E-state index in [9.17, 15) is 14.9 Å². The number of rotatable bonds is 6. The predicted molar refractivity (Wildman–Crippen MR) is 82.1 cm³/mol. The highest BCUT2D eigenvalue weighted by atomic mass is 35.5. The minimum Gasteiger partial charge on any atom is -0.467 e. The summed E-state index contributed by atoms with van der Waals surface area (Å²) >= 11 is 11.7. The Morgan fingerprint density at radius 3 is 2.48 bits per heavy atom. The van der Waals surface area contributed by atoms with Crippen molar-refractivity contribution < 1.29 is 14.5 Å². The van der Waals surface area contributed by atoms with Gasteiger partial charge in [-0.25, -0.2) is 4.79 Å². The van der Waals surface area contributed by atoms with E-state index >= 15 is 0 Å². The van der Waals surface area contributed by atoms with E-state index in [2.05, 4.69) is 5.32 Å². The smallest absolute Gasteiger partial charge is 0.331 e. The van der Waals surface area contributed by atoms with E-state index in [1.807, 2.05) is 6.92 Å². The first-order valence-corrected chi connectivity index (χ1v) is 7.00. The van der Waals surface area contributed by atoms with Crippen molar-refractivity contribution in [3.8, 4) is 0 Å². The van der Waals surface area contributed by atoms with Gasteiger partial charge >= 0.3 is 5.97 Å². The van der Waals surface area contributed by atoms with Gasteiger partial charge in [0.05, 0.1) is 22.1 Å². The van der Waals surface area contributed by atoms with Gasteiger partial charge in [0.15, 0.2) is 0 Å². The Morgan fingerprint density at radius 1 is 1.43 bits per heavy atom. The van der Waals surface area contributed by atoms with Crippen molar-refractivity contribution in [3.05, 3.63) is 32.3 Å². The molecule has 21 heavy (non-hydrogen) atoms. The van der Waals surface area contributed by atoms with Gasteiger partial charge in [0.2, 0.25) is 0 Å². The number of nitrogens with zero attached hydrogens (tertiary/aromatic N) is 1. The number of esters is 1. The number of hydrogen-bond donors (Lipinski definition) is 1. The molecule has 1 aromatic rings. The molecule has 0 radical (unpaired) electrons. The zero-order chi connectivity index (χ0) is 16.2. The molecule has 0 aromatic heterocycles. The van der Waals surface area contributed by atoms with Gasteiger partial charge in [-0.15, -0.1) is 0 Å². The fourth-order valence-electron chi connectivity index (χ4n) is 2.03. The van der Waals surface area contributed by atoms with Crippen LogP contribution in [0.15, 0.2) is 12.1 Å². The molecule has 1 unspecified atom stereocenters. The topological polar surface area (TPSA) is 81.5 Å². The van der Waals surface area contributed by atoms with Crippen LogP contribution in [0.4, 0.5) is 11.4 Å². The van der Waals surface area contributed by atoms with Gasteiger partial charge in [0, 0.05) is 6.07 Å². The molecular weight excluding hydrogens is 319 g/mol. The standard InChI is InChI=1S/C13H16Cl2N2O4/c1-4-5-13(2,12(18)21-3)16-10-6-8(14)9(15)7-11(10)17(19)20/h6-7,16H,4-5H2,1-3H3. The monoisotopic (exact) mass is 334 g/mol. The largest absolute Gasteiger partial charge is 0.467 e. The number of nitro groups is 1. The number of carbonyl (C=O) groups excluding carboxylic acids is 1. The number of benzene rings is 1. The van der Waals surface area contributed by atoms with E-state index < -0.39 is 16.4 Å². The first kappa shape index (κ1) is 17.5. The molecule has 1 atom stereocenters. The molecule has 1 rings (SSSR count). The Balaban J connectivity index is 3.29. The molecule has 116 valence electrons. The minimum atomic E-state index is -1.09. The van der Waals surface area contributed by atoms with Gasteiger partial charge < -0.3 is 10.1 Å². The van der Waals surface area contributed by atoms with Crippen molar-refractivity contribution in [3.63, 3.8) is 0 Å². The SMILES string of the molecule is CCCC(C)(Nc1cc(Cl)c(Cl)cc1[N+](=O)[O-])C(=O)OC. The second-order valence-corrected chi connectivity index (χ2v) is 5.55. The number of nitrogens with one attached hydrogen (secondary N) is 1. The van der Waals surface area contributed by atoms with Crippen LogP contribution < -0.4 is 5.32 Å². The third-order valence-electron chi connectivity index (χ3n) is 3.03. The lowest BCUT2D eigenvalue weighted by Gasteiger charge is -2.28. The summed E-state index contributed by atoms with van der Waals surface area (Å²) in [4.78, 5) is 22.5. The molecule has 0 aliphatic rings. The van der Waals surface area contributed by atoms with Gasteiger partial charge in [0.1, 0.15) is 11.2 Å². The van der Waals surface area contributed by atoms with Crippen LogP contribution in [0.1, 0.15) is 26.7 Å². The maximum Gasteiger partial charge on any atom is 0.331 e. The Labute approximate surface area is 132 Å². The molecule has 0 spiro atoms. The van der Waals surface area contributed by atoms with Crippen LogP contribution in [0.3, 0.4) is 0 Å². The summed E-state index contributed by atoms with van der Waals surface area (Å²) < 4.78 is 4.76. The fraction of sp³-hybridized carbons (Fsp3) is 0.462. The molecule has 0 aliphatic carbocycles. The average molecular weight is 335 g/mol. The van der Waals surface area contributed by atoms with E-state index in [1.165, 1.54) is 13.2 Å². The quantitative estimate of drug-likeness (QED) is 0.482. The van der Waals surface area contributed by atoms with Gasteiger partial charge in [-0.05, 0) is 19.4 Å². The lowest BCUT2D eigenvalue weighted by molar-refractivity contribution is -0.384. The van der Waals surface area contributed by atoms with Crippen LogP contribution in [0.5, 0.6) is 0 Å². The van der Waals surface area contributed by atoms with E-state index in [0.717, 1.165) is 6.07 Å². The van der Waals surface area contributed by atoms with Crippen molar-refractivity contribution in [2.24, 2.45) is 0 Å². The summed E-state index contributed by atoms with van der Waals surface area (Å²) in [6, 6.07) is 2.48. The molecule has 0 fully saturated rings. The van der Waals surface area contributed by atoms with E-state index in [1.54, 1.807) is 6.92 Å². The van der Waals surface area contributed by atoms with Gasteiger partial charge in [-0.2, -0.15) is 0 Å². The molecular formula is C13H16Cl2N2O4. The lowest BCUT2D eigenvalue weighted by atomic mass is 9.95. The molecule has 0 aliphatic heterocycles. The van der Waals surface area contributed by atoms with Crippen molar-refractivity contribution in [1.29, 1.82) is 0 Å². The summed E-state index contributed by atoms with van der Waals surface area (Å²) in [5.41, 5.74) is -1.22. The molecule has 1 aromatic carbocycles. The zero-order valence-corrected chi connectivity index (χ0v) is 13.4. The Morgan fingerprint density at radius 2 is 2.00 bits per heavy atom. The molecule has 0 saturated heterocycles. The van der Waals surface area contributed by atoms with E-state index in [0.29, 0.717) is 12.8 Å². The Bertz CT molecular complexity index is 565. The second kappa shape index (κ2) is 6.95. The van der Waals surface area contributed by atoms with Gasteiger partial charge in [-0.3, -0.25) is 10.1 Å². The molecule has 0 saturated carbocycles. The third-order valence-corrected chi connectivity index (χ3v) is 3.75. The van der Waals surface area contributed by atoms with Gasteiger partial charge in [0.25, 0.3) is 5.69 Å². The Kier molecular flexibility index (Phi) is 5.80. The number of hydrogen-bond acceptors (Lipinski definition) is 5. The van der Waals surface area contributed by atoms with Crippen LogP contribution in [0, 0.1) is 10.1 Å². The number of nitro benzene ring substituents is 1. The van der Waals surface area contributed by atoms with Crippen molar-refractivity contribution >= 4 is 40.5 Å². The van der Waals surface area contributed by atoms with Crippen LogP contribution in [-0.4, -0.2) is 23.5 Å². The normalized spacial score (nSPS) is 13.4. The molecule has 0 bridgehead atoms. The summed E-state index contributed by atoms with van der Waals surface area (Å²) in [6.45, 7) is 3.51. The minimum absolute atomic E-state index is 0.0733. The van der Waals surface area contributed by atoms with Crippen molar-refractivity contribution in [2.45, 2.75) is 32.2 Å². The first-order valence-electron chi connectivity index (χ1n) is 6.25. The highest BCUT2D eigenvalue weighted by Gasteiger charge is 2.35. The lowest BCUT2D eigenvalue weighted by Crippen LogP contribution is -2.44. The number of carbonyl (C=O) groups is 1.